The molecule has 0 saturated carbocycles. The Bertz CT molecular complexity index is 600. The van der Waals surface area contributed by atoms with Crippen LogP contribution in [0.15, 0.2) is 18.2 Å². The number of benzene rings is 1. The van der Waals surface area contributed by atoms with Gasteiger partial charge in [0.25, 0.3) is 5.69 Å². The number of hydrogen-bond donors (Lipinski definition) is 1. The number of carbonyl (C=O) groups is 2. The van der Waals surface area contributed by atoms with E-state index in [0.717, 1.165) is 30.0 Å². The van der Waals surface area contributed by atoms with Crippen LogP contribution >= 0.6 is 11.8 Å². The van der Waals surface area contributed by atoms with Gasteiger partial charge in [-0.05, 0) is 6.07 Å². The van der Waals surface area contributed by atoms with E-state index in [4.69, 9.17) is 5.11 Å². The predicted molar refractivity (Wildman–Crippen MR) is 70.1 cm³/mol. The molecule has 0 heterocycles. The van der Waals surface area contributed by atoms with Gasteiger partial charge in [0.05, 0.1) is 16.2 Å². The number of nitro benzene ring substituents is 1. The van der Waals surface area contributed by atoms with Crippen LogP contribution in [0.4, 0.5) is 5.69 Å². The molecule has 1 rings (SSSR count). The highest BCUT2D eigenvalue weighted by atomic mass is 32.2. The van der Waals surface area contributed by atoms with Crippen molar-refractivity contribution in [2.75, 3.05) is 5.75 Å². The summed E-state index contributed by atoms with van der Waals surface area (Å²) in [5.74, 6) is 4.13. The second-order valence-corrected chi connectivity index (χ2v) is 4.53. The lowest BCUT2D eigenvalue weighted by Crippen LogP contribution is -2.01. The maximum Gasteiger partial charge on any atom is 0.336 e. The molecule has 0 amide bonds. The molecule has 0 bridgehead atoms. The number of carboxylic acids is 1. The van der Waals surface area contributed by atoms with Gasteiger partial charge in [-0.15, -0.1) is 0 Å². The molecule has 0 aliphatic carbocycles. The van der Waals surface area contributed by atoms with Crippen LogP contribution < -0.4 is 0 Å². The van der Waals surface area contributed by atoms with Crippen LogP contribution in [0.2, 0.25) is 0 Å². The summed E-state index contributed by atoms with van der Waals surface area (Å²) < 4.78 is 0. The van der Waals surface area contributed by atoms with Crippen LogP contribution in [0.1, 0.15) is 22.8 Å². The van der Waals surface area contributed by atoms with Crippen molar-refractivity contribution in [3.05, 3.63) is 39.4 Å². The minimum atomic E-state index is -1.21. The van der Waals surface area contributed by atoms with Crippen LogP contribution in [-0.2, 0) is 4.79 Å². The molecule has 6 nitrogen and oxygen atoms in total. The Hall–Kier alpha value is -2.33. The van der Waals surface area contributed by atoms with Gasteiger partial charge in [0, 0.05) is 24.6 Å². The first-order valence-electron chi connectivity index (χ1n) is 5.05. The molecular formula is C12H9NO5S. The zero-order chi connectivity index (χ0) is 14.4. The molecule has 1 aromatic rings. The van der Waals surface area contributed by atoms with E-state index in [1.54, 1.807) is 0 Å². The van der Waals surface area contributed by atoms with Crippen molar-refractivity contribution in [1.82, 2.24) is 0 Å². The largest absolute Gasteiger partial charge is 0.478 e. The maximum absolute atomic E-state index is 10.9. The molecule has 0 aromatic heterocycles. The zero-order valence-electron chi connectivity index (χ0n) is 9.87. The number of non-ortho nitro benzene ring substituents is 1. The number of hydrogen-bond acceptors (Lipinski definition) is 5. The van der Waals surface area contributed by atoms with Crippen molar-refractivity contribution in [3.63, 3.8) is 0 Å². The standard InChI is InChI=1S/C12H9NO5S/c1-8(14)19-6-2-3-9-7-10(13(17)18)4-5-11(9)12(15)16/h4-5,7H,6H2,1H3,(H,15,16). The van der Waals surface area contributed by atoms with E-state index < -0.39 is 10.9 Å². The van der Waals surface area contributed by atoms with E-state index in [-0.39, 0.29) is 27.7 Å². The first kappa shape index (κ1) is 14.7. The third kappa shape index (κ3) is 4.44. The van der Waals surface area contributed by atoms with E-state index in [1.807, 2.05) is 0 Å². The molecule has 0 aliphatic heterocycles. The first-order valence-corrected chi connectivity index (χ1v) is 6.04. The molecule has 0 spiro atoms. The fraction of sp³-hybridized carbons (Fsp3) is 0.167. The van der Waals surface area contributed by atoms with Crippen molar-refractivity contribution in [2.45, 2.75) is 6.92 Å². The maximum atomic E-state index is 10.9. The quantitative estimate of drug-likeness (QED) is 0.515. The van der Waals surface area contributed by atoms with Crippen LogP contribution in [0.25, 0.3) is 0 Å². The average molecular weight is 279 g/mol. The van der Waals surface area contributed by atoms with E-state index in [1.165, 1.54) is 6.92 Å². The number of carbonyl (C=O) groups excluding carboxylic acids is 1. The Morgan fingerprint density at radius 3 is 2.68 bits per heavy atom. The summed E-state index contributed by atoms with van der Waals surface area (Å²) in [6, 6.07) is 3.36. The van der Waals surface area contributed by atoms with Gasteiger partial charge in [-0.25, -0.2) is 4.79 Å². The highest BCUT2D eigenvalue weighted by Crippen LogP contribution is 2.17. The summed E-state index contributed by atoms with van der Waals surface area (Å²) in [4.78, 5) is 31.6. The van der Waals surface area contributed by atoms with Crippen molar-refractivity contribution in [2.24, 2.45) is 0 Å². The summed E-state index contributed by atoms with van der Waals surface area (Å²) >= 11 is 0.981. The molecule has 7 heteroatoms. The van der Waals surface area contributed by atoms with Gasteiger partial charge in [0.1, 0.15) is 0 Å². The Labute approximate surface area is 113 Å². The molecule has 0 fully saturated rings. The molecule has 0 atom stereocenters. The topological polar surface area (TPSA) is 97.5 Å². The normalized spacial score (nSPS) is 9.32. The summed E-state index contributed by atoms with van der Waals surface area (Å²) in [5, 5.41) is 19.5. The second kappa shape index (κ2) is 6.56. The van der Waals surface area contributed by atoms with Crippen LogP contribution in [-0.4, -0.2) is 26.9 Å². The summed E-state index contributed by atoms with van der Waals surface area (Å²) in [5.41, 5.74) is -0.273. The number of thioether (sulfide) groups is 1. The number of carboxylic acid groups (broad SMARTS) is 1. The molecular weight excluding hydrogens is 270 g/mol. The molecule has 0 aliphatic rings. The smallest absolute Gasteiger partial charge is 0.336 e. The number of rotatable bonds is 3. The number of nitrogens with zero attached hydrogens (tertiary/aromatic N) is 1. The Balaban J connectivity index is 3.07. The van der Waals surface area contributed by atoms with Crippen molar-refractivity contribution < 1.29 is 19.6 Å². The van der Waals surface area contributed by atoms with Crippen molar-refractivity contribution in [1.29, 1.82) is 0 Å². The van der Waals surface area contributed by atoms with Gasteiger partial charge in [0.2, 0.25) is 0 Å². The highest BCUT2D eigenvalue weighted by molar-refractivity contribution is 8.13. The third-order valence-corrected chi connectivity index (χ3v) is 2.71. The average Bonchev–Trinajstić information content (AvgIpc) is 2.33. The Morgan fingerprint density at radius 1 is 1.47 bits per heavy atom. The Kier molecular flexibility index (Phi) is 5.09. The lowest BCUT2D eigenvalue weighted by atomic mass is 10.1. The van der Waals surface area contributed by atoms with Crippen molar-refractivity contribution in [3.8, 4) is 11.8 Å². The van der Waals surface area contributed by atoms with Crippen LogP contribution in [0.3, 0.4) is 0 Å². The second-order valence-electron chi connectivity index (χ2n) is 3.37. The van der Waals surface area contributed by atoms with Crippen LogP contribution in [0, 0.1) is 22.0 Å². The molecule has 1 N–H and O–H groups in total. The minimum Gasteiger partial charge on any atom is -0.478 e. The van der Waals surface area contributed by atoms with E-state index in [2.05, 4.69) is 11.8 Å². The van der Waals surface area contributed by atoms with Gasteiger partial charge in [-0.3, -0.25) is 14.9 Å². The lowest BCUT2D eigenvalue weighted by Gasteiger charge is -1.98. The monoisotopic (exact) mass is 279 g/mol. The zero-order valence-corrected chi connectivity index (χ0v) is 10.7. The van der Waals surface area contributed by atoms with E-state index in [0.29, 0.717) is 0 Å². The third-order valence-electron chi connectivity index (χ3n) is 2.02. The number of nitro groups is 1. The van der Waals surface area contributed by atoms with Gasteiger partial charge in [0.15, 0.2) is 5.12 Å². The highest BCUT2D eigenvalue weighted by Gasteiger charge is 2.13. The molecule has 19 heavy (non-hydrogen) atoms. The van der Waals surface area contributed by atoms with Gasteiger partial charge >= 0.3 is 5.97 Å². The minimum absolute atomic E-state index is 0.0610. The van der Waals surface area contributed by atoms with E-state index >= 15 is 0 Å². The van der Waals surface area contributed by atoms with E-state index in [9.17, 15) is 19.7 Å². The summed E-state index contributed by atoms with van der Waals surface area (Å²) in [6.07, 6.45) is 0. The summed E-state index contributed by atoms with van der Waals surface area (Å²) in [6.45, 7) is 1.39. The van der Waals surface area contributed by atoms with Crippen molar-refractivity contribution >= 4 is 28.5 Å². The van der Waals surface area contributed by atoms with Crippen LogP contribution in [0.5, 0.6) is 0 Å². The van der Waals surface area contributed by atoms with Gasteiger partial charge in [-0.1, -0.05) is 23.6 Å². The number of aromatic carboxylic acids is 1. The molecule has 0 unspecified atom stereocenters. The Morgan fingerprint density at radius 2 is 2.16 bits per heavy atom. The summed E-state index contributed by atoms with van der Waals surface area (Å²) in [7, 11) is 0. The first-order chi connectivity index (χ1) is 8.91. The molecule has 98 valence electrons. The molecule has 0 saturated heterocycles. The van der Waals surface area contributed by atoms with Gasteiger partial charge < -0.3 is 5.11 Å². The molecule has 1 aromatic carbocycles. The fourth-order valence-electron chi connectivity index (χ4n) is 1.20. The SMILES string of the molecule is CC(=O)SCC#Cc1cc([N+](=O)[O-])ccc1C(=O)O. The predicted octanol–water partition coefficient (Wildman–Crippen LogP) is 1.92. The van der Waals surface area contributed by atoms with Gasteiger partial charge in [-0.2, -0.15) is 0 Å². The fourth-order valence-corrected chi connectivity index (χ4v) is 1.55. The molecule has 0 radical (unpaired) electrons. The lowest BCUT2D eigenvalue weighted by molar-refractivity contribution is -0.384.